The molecule has 0 fully saturated rings. The molecule has 0 amide bonds. The van der Waals surface area contributed by atoms with Crippen molar-refractivity contribution in [2.75, 3.05) is 20.3 Å². The molecule has 3 heteroatoms. The number of hydrogen-bond donors (Lipinski definition) is 1. The van der Waals surface area contributed by atoms with Gasteiger partial charge < -0.3 is 10.5 Å². The third kappa shape index (κ3) is 7.85. The third-order valence-electron chi connectivity index (χ3n) is 0.768. The zero-order valence-corrected chi connectivity index (χ0v) is 6.36. The Morgan fingerprint density at radius 2 is 2.00 bits per heavy atom. The number of ether oxygens (including phenoxy) is 1. The van der Waals surface area contributed by atoms with Crippen LogP contribution in [0.15, 0.2) is 0 Å². The molecule has 0 rings (SSSR count). The number of halogens is 1. The van der Waals surface area contributed by atoms with Crippen molar-refractivity contribution in [2.45, 2.75) is 20.0 Å². The quantitative estimate of drug-likeness (QED) is 0.628. The molecule has 0 radical (unpaired) electrons. The standard InChI is InChI=1S/C4H10FNO.C2H6/c1-7-4(2-5)3-6;1-2/h4H,2-3,6H2,1H3;1-2H3/t4-;/m1./s1. The normalized spacial score (nSPS) is 11.7. The number of nitrogens with two attached hydrogens (primary N) is 1. The summed E-state index contributed by atoms with van der Waals surface area (Å²) in [6.07, 6.45) is -0.403. The van der Waals surface area contributed by atoms with Crippen molar-refractivity contribution in [2.24, 2.45) is 5.73 Å². The van der Waals surface area contributed by atoms with E-state index in [9.17, 15) is 4.39 Å². The first kappa shape index (κ1) is 11.6. The van der Waals surface area contributed by atoms with Gasteiger partial charge in [-0.05, 0) is 0 Å². The van der Waals surface area contributed by atoms with E-state index in [1.54, 1.807) is 0 Å². The summed E-state index contributed by atoms with van der Waals surface area (Å²) >= 11 is 0. The fourth-order valence-electron chi connectivity index (χ4n) is 0.222. The molecular weight excluding hydrogens is 121 g/mol. The lowest BCUT2D eigenvalue weighted by atomic mass is 10.4. The summed E-state index contributed by atoms with van der Waals surface area (Å²) in [5, 5.41) is 0. The van der Waals surface area contributed by atoms with Crippen molar-refractivity contribution >= 4 is 0 Å². The maximum absolute atomic E-state index is 11.5. The summed E-state index contributed by atoms with van der Waals surface area (Å²) < 4.78 is 16.0. The summed E-state index contributed by atoms with van der Waals surface area (Å²) in [5.74, 6) is 0. The van der Waals surface area contributed by atoms with E-state index in [-0.39, 0.29) is 6.54 Å². The van der Waals surface area contributed by atoms with Gasteiger partial charge in [-0.2, -0.15) is 0 Å². The molecule has 2 nitrogen and oxygen atoms in total. The van der Waals surface area contributed by atoms with Gasteiger partial charge in [0.25, 0.3) is 0 Å². The van der Waals surface area contributed by atoms with Crippen LogP contribution in [0.4, 0.5) is 4.39 Å². The summed E-state index contributed by atoms with van der Waals surface area (Å²) in [4.78, 5) is 0. The largest absolute Gasteiger partial charge is 0.377 e. The van der Waals surface area contributed by atoms with Crippen LogP contribution in [0.3, 0.4) is 0 Å². The fourth-order valence-corrected chi connectivity index (χ4v) is 0.222. The second-order valence-corrected chi connectivity index (χ2v) is 1.25. The molecule has 9 heavy (non-hydrogen) atoms. The highest BCUT2D eigenvalue weighted by Crippen LogP contribution is 1.84. The molecule has 0 aliphatic heterocycles. The second kappa shape index (κ2) is 10.8. The highest BCUT2D eigenvalue weighted by molar-refractivity contribution is 4.52. The van der Waals surface area contributed by atoms with Crippen molar-refractivity contribution in [3.63, 3.8) is 0 Å². The van der Waals surface area contributed by atoms with Crippen molar-refractivity contribution in [1.29, 1.82) is 0 Å². The fraction of sp³-hybridized carbons (Fsp3) is 1.00. The molecule has 0 unspecified atom stereocenters. The van der Waals surface area contributed by atoms with E-state index < -0.39 is 12.8 Å². The van der Waals surface area contributed by atoms with Crippen molar-refractivity contribution in [3.8, 4) is 0 Å². The summed E-state index contributed by atoms with van der Waals surface area (Å²) in [6.45, 7) is 3.76. The lowest BCUT2D eigenvalue weighted by molar-refractivity contribution is 0.0861. The van der Waals surface area contributed by atoms with Gasteiger partial charge in [-0.1, -0.05) is 13.8 Å². The average Bonchev–Trinajstić information content (AvgIpc) is 1.96. The first-order chi connectivity index (χ1) is 4.35. The molecule has 0 aromatic rings. The van der Waals surface area contributed by atoms with Crippen LogP contribution in [0.1, 0.15) is 13.8 Å². The topological polar surface area (TPSA) is 35.2 Å². The molecule has 0 saturated carbocycles. The van der Waals surface area contributed by atoms with Crippen LogP contribution < -0.4 is 5.73 Å². The Labute approximate surface area is 56.2 Å². The van der Waals surface area contributed by atoms with Gasteiger partial charge in [-0.25, -0.2) is 4.39 Å². The zero-order chi connectivity index (χ0) is 7.70. The highest BCUT2D eigenvalue weighted by atomic mass is 19.1. The lowest BCUT2D eigenvalue weighted by Gasteiger charge is -2.04. The molecule has 0 spiro atoms. The lowest BCUT2D eigenvalue weighted by Crippen LogP contribution is -2.23. The smallest absolute Gasteiger partial charge is 0.117 e. The van der Waals surface area contributed by atoms with Crippen LogP contribution in [0.25, 0.3) is 0 Å². The van der Waals surface area contributed by atoms with Crippen molar-refractivity contribution in [3.05, 3.63) is 0 Å². The Hall–Kier alpha value is -0.150. The van der Waals surface area contributed by atoms with E-state index >= 15 is 0 Å². The minimum atomic E-state index is -0.493. The van der Waals surface area contributed by atoms with Gasteiger partial charge in [0.1, 0.15) is 6.67 Å². The zero-order valence-electron chi connectivity index (χ0n) is 6.36. The molecule has 0 bridgehead atoms. The average molecular weight is 137 g/mol. The number of alkyl halides is 1. The monoisotopic (exact) mass is 137 g/mol. The predicted molar refractivity (Wildman–Crippen MR) is 37.2 cm³/mol. The minimum Gasteiger partial charge on any atom is -0.377 e. The Bertz CT molecular complexity index is 34.5. The Morgan fingerprint density at radius 3 is 2.00 bits per heavy atom. The van der Waals surface area contributed by atoms with E-state index in [4.69, 9.17) is 5.73 Å². The molecule has 0 aromatic carbocycles. The molecule has 0 aliphatic rings. The highest BCUT2D eigenvalue weighted by Gasteiger charge is 1.99. The van der Waals surface area contributed by atoms with Crippen molar-refractivity contribution in [1.82, 2.24) is 0 Å². The number of methoxy groups -OCH3 is 1. The summed E-state index contributed by atoms with van der Waals surface area (Å²) in [7, 11) is 1.44. The SMILES string of the molecule is CC.CO[C@@H](CN)CF. The summed E-state index contributed by atoms with van der Waals surface area (Å²) in [5.41, 5.74) is 5.03. The first-order valence-electron chi connectivity index (χ1n) is 3.14. The van der Waals surface area contributed by atoms with E-state index in [1.807, 2.05) is 13.8 Å². The van der Waals surface area contributed by atoms with Gasteiger partial charge in [-0.15, -0.1) is 0 Å². The van der Waals surface area contributed by atoms with Crippen LogP contribution >= 0.6 is 0 Å². The van der Waals surface area contributed by atoms with Gasteiger partial charge in [0, 0.05) is 13.7 Å². The van der Waals surface area contributed by atoms with Gasteiger partial charge >= 0.3 is 0 Å². The second-order valence-electron chi connectivity index (χ2n) is 1.25. The molecule has 58 valence electrons. The third-order valence-corrected chi connectivity index (χ3v) is 0.768. The van der Waals surface area contributed by atoms with Crippen LogP contribution in [0.2, 0.25) is 0 Å². The van der Waals surface area contributed by atoms with Gasteiger partial charge in [0.05, 0.1) is 6.10 Å². The minimum absolute atomic E-state index is 0.257. The summed E-state index contributed by atoms with van der Waals surface area (Å²) in [6, 6.07) is 0. The Morgan fingerprint density at radius 1 is 1.56 bits per heavy atom. The van der Waals surface area contributed by atoms with E-state index in [0.29, 0.717) is 0 Å². The van der Waals surface area contributed by atoms with Gasteiger partial charge in [0.15, 0.2) is 0 Å². The molecule has 0 aromatic heterocycles. The molecule has 1 atom stereocenters. The molecular formula is C6H16FNO. The van der Waals surface area contributed by atoms with Crippen LogP contribution in [0.5, 0.6) is 0 Å². The molecule has 0 heterocycles. The van der Waals surface area contributed by atoms with Gasteiger partial charge in [0.2, 0.25) is 0 Å². The number of hydrogen-bond acceptors (Lipinski definition) is 2. The molecule has 0 aliphatic carbocycles. The predicted octanol–water partition coefficient (Wildman–Crippen LogP) is 0.956. The van der Waals surface area contributed by atoms with E-state index in [1.165, 1.54) is 7.11 Å². The first-order valence-corrected chi connectivity index (χ1v) is 3.14. The maximum atomic E-state index is 11.5. The Kier molecular flexibility index (Phi) is 13.9. The maximum Gasteiger partial charge on any atom is 0.117 e. The van der Waals surface area contributed by atoms with Crippen molar-refractivity contribution < 1.29 is 9.13 Å². The number of rotatable bonds is 3. The van der Waals surface area contributed by atoms with E-state index in [0.717, 1.165) is 0 Å². The van der Waals surface area contributed by atoms with Gasteiger partial charge in [-0.3, -0.25) is 0 Å². The molecule has 2 N–H and O–H groups in total. The van der Waals surface area contributed by atoms with Crippen LogP contribution in [0, 0.1) is 0 Å². The molecule has 0 saturated heterocycles. The van der Waals surface area contributed by atoms with Crippen LogP contribution in [-0.4, -0.2) is 26.4 Å². The Balaban J connectivity index is 0. The van der Waals surface area contributed by atoms with Crippen LogP contribution in [-0.2, 0) is 4.74 Å². The van der Waals surface area contributed by atoms with E-state index in [2.05, 4.69) is 4.74 Å².